The second kappa shape index (κ2) is 6.14. The molecule has 3 aromatic rings. The van der Waals surface area contributed by atoms with Gasteiger partial charge in [0.05, 0.1) is 23.8 Å². The Morgan fingerprint density at radius 2 is 2.10 bits per heavy atom. The van der Waals surface area contributed by atoms with E-state index in [0.29, 0.717) is 0 Å². The van der Waals surface area contributed by atoms with E-state index < -0.39 is 0 Å². The number of fused-ring (bicyclic) bond motifs is 1. The molecular formula is C17H21N3O. The van der Waals surface area contributed by atoms with E-state index in [1.807, 2.05) is 19.2 Å². The molecule has 0 spiro atoms. The number of para-hydroxylation sites is 2. The van der Waals surface area contributed by atoms with Crippen molar-refractivity contribution in [2.45, 2.75) is 32.9 Å². The second-order valence-electron chi connectivity index (χ2n) is 5.24. The van der Waals surface area contributed by atoms with Gasteiger partial charge < -0.3 is 14.3 Å². The van der Waals surface area contributed by atoms with Gasteiger partial charge in [0.1, 0.15) is 11.6 Å². The zero-order valence-corrected chi connectivity index (χ0v) is 12.6. The van der Waals surface area contributed by atoms with Gasteiger partial charge in [-0.15, -0.1) is 0 Å². The van der Waals surface area contributed by atoms with Crippen molar-refractivity contribution in [1.82, 2.24) is 14.9 Å². The zero-order valence-electron chi connectivity index (χ0n) is 12.6. The van der Waals surface area contributed by atoms with Crippen molar-refractivity contribution in [3.05, 3.63) is 53.7 Å². The fourth-order valence-corrected chi connectivity index (χ4v) is 2.74. The molecule has 0 unspecified atom stereocenters. The van der Waals surface area contributed by atoms with Gasteiger partial charge in [-0.25, -0.2) is 4.98 Å². The van der Waals surface area contributed by atoms with Gasteiger partial charge in [-0.05, 0) is 31.7 Å². The molecule has 2 aromatic heterocycles. The van der Waals surface area contributed by atoms with Gasteiger partial charge in [-0.2, -0.15) is 0 Å². The summed E-state index contributed by atoms with van der Waals surface area (Å²) in [5.41, 5.74) is 3.49. The Balaban J connectivity index is 1.99. The number of imidazole rings is 1. The third kappa shape index (κ3) is 2.72. The zero-order chi connectivity index (χ0) is 14.7. The van der Waals surface area contributed by atoms with Crippen molar-refractivity contribution in [1.29, 1.82) is 0 Å². The summed E-state index contributed by atoms with van der Waals surface area (Å²) >= 11 is 0. The van der Waals surface area contributed by atoms with Crippen molar-refractivity contribution < 1.29 is 4.42 Å². The van der Waals surface area contributed by atoms with Crippen LogP contribution in [0.1, 0.15) is 30.5 Å². The van der Waals surface area contributed by atoms with Crippen LogP contribution in [0.25, 0.3) is 11.0 Å². The summed E-state index contributed by atoms with van der Waals surface area (Å²) in [4.78, 5) is 4.81. The van der Waals surface area contributed by atoms with Crippen molar-refractivity contribution in [3.8, 4) is 0 Å². The lowest BCUT2D eigenvalue weighted by Crippen LogP contribution is -2.08. The van der Waals surface area contributed by atoms with Gasteiger partial charge in [0, 0.05) is 18.5 Å². The number of aromatic nitrogens is 2. The third-order valence-corrected chi connectivity index (χ3v) is 3.70. The number of nitrogens with zero attached hydrogens (tertiary/aromatic N) is 2. The highest BCUT2D eigenvalue weighted by molar-refractivity contribution is 5.76. The van der Waals surface area contributed by atoms with Gasteiger partial charge >= 0.3 is 0 Å². The molecule has 3 rings (SSSR count). The van der Waals surface area contributed by atoms with E-state index in [9.17, 15) is 0 Å². The molecule has 0 fully saturated rings. The Morgan fingerprint density at radius 3 is 2.90 bits per heavy atom. The molecule has 0 aliphatic carbocycles. The van der Waals surface area contributed by atoms with E-state index in [-0.39, 0.29) is 0 Å². The number of hydrogen-bond acceptors (Lipinski definition) is 3. The van der Waals surface area contributed by atoms with Crippen LogP contribution in [0.2, 0.25) is 0 Å². The number of aryl methyl sites for hydroxylation is 1. The van der Waals surface area contributed by atoms with Crippen LogP contribution in [-0.4, -0.2) is 16.6 Å². The quantitative estimate of drug-likeness (QED) is 0.754. The van der Waals surface area contributed by atoms with Crippen LogP contribution in [0.4, 0.5) is 0 Å². The third-order valence-electron chi connectivity index (χ3n) is 3.70. The maximum atomic E-state index is 5.55. The van der Waals surface area contributed by atoms with Gasteiger partial charge in [0.15, 0.2) is 0 Å². The molecule has 4 heteroatoms. The molecule has 0 aliphatic heterocycles. The molecule has 0 radical (unpaired) electrons. The number of hydrogen-bond donors (Lipinski definition) is 1. The maximum absolute atomic E-state index is 5.55. The highest BCUT2D eigenvalue weighted by Gasteiger charge is 2.13. The van der Waals surface area contributed by atoms with E-state index in [1.165, 1.54) is 11.1 Å². The molecule has 4 nitrogen and oxygen atoms in total. The molecule has 1 aromatic carbocycles. The van der Waals surface area contributed by atoms with E-state index in [2.05, 4.69) is 35.0 Å². The number of nitrogens with one attached hydrogen (secondary N) is 1. The molecule has 0 amide bonds. The molecular weight excluding hydrogens is 262 g/mol. The highest BCUT2D eigenvalue weighted by Crippen LogP contribution is 2.21. The molecule has 1 N–H and O–H groups in total. The Kier molecular flexibility index (Phi) is 4.06. The molecule has 0 aliphatic rings. The maximum Gasteiger partial charge on any atom is 0.121 e. The van der Waals surface area contributed by atoms with Gasteiger partial charge in [-0.1, -0.05) is 19.1 Å². The van der Waals surface area contributed by atoms with Gasteiger partial charge in [0.25, 0.3) is 0 Å². The molecule has 110 valence electrons. The number of benzene rings is 1. The lowest BCUT2D eigenvalue weighted by Gasteiger charge is -2.08. The first-order valence-electron chi connectivity index (χ1n) is 7.47. The van der Waals surface area contributed by atoms with Crippen molar-refractivity contribution in [3.63, 3.8) is 0 Å². The monoisotopic (exact) mass is 283 g/mol. The molecule has 2 heterocycles. The molecule has 0 saturated carbocycles. The lowest BCUT2D eigenvalue weighted by atomic mass is 10.1. The summed E-state index contributed by atoms with van der Waals surface area (Å²) < 4.78 is 7.88. The highest BCUT2D eigenvalue weighted by atomic mass is 16.3. The normalized spacial score (nSPS) is 11.3. The van der Waals surface area contributed by atoms with E-state index >= 15 is 0 Å². The minimum Gasteiger partial charge on any atom is -0.468 e. The van der Waals surface area contributed by atoms with Crippen molar-refractivity contribution in [2.75, 3.05) is 7.05 Å². The summed E-state index contributed by atoms with van der Waals surface area (Å²) in [6.07, 6.45) is 3.67. The predicted octanol–water partition coefficient (Wildman–Crippen LogP) is 3.35. The average molecular weight is 283 g/mol. The first-order chi connectivity index (χ1) is 10.3. The van der Waals surface area contributed by atoms with Crippen LogP contribution in [0.3, 0.4) is 0 Å². The summed E-state index contributed by atoms with van der Waals surface area (Å²) in [6.45, 7) is 3.94. The minimum atomic E-state index is 0.746. The lowest BCUT2D eigenvalue weighted by molar-refractivity contribution is 0.490. The van der Waals surface area contributed by atoms with E-state index in [0.717, 1.165) is 43.0 Å². The fourth-order valence-electron chi connectivity index (χ4n) is 2.74. The Bertz CT molecular complexity index is 727. The van der Waals surface area contributed by atoms with Crippen LogP contribution >= 0.6 is 0 Å². The number of furan rings is 1. The molecule has 21 heavy (non-hydrogen) atoms. The van der Waals surface area contributed by atoms with Crippen LogP contribution in [-0.2, 0) is 19.5 Å². The standard InChI is InChI=1S/C17H21N3O/c1-3-9-20-15-7-5-4-6-14(15)19-17(20)11-13-8-10-21-16(13)12-18-2/h4-8,10,18H,3,9,11-12H2,1-2H3. The largest absolute Gasteiger partial charge is 0.468 e. The number of rotatable bonds is 6. The summed E-state index contributed by atoms with van der Waals surface area (Å²) in [5.74, 6) is 2.10. The predicted molar refractivity (Wildman–Crippen MR) is 84.3 cm³/mol. The second-order valence-corrected chi connectivity index (χ2v) is 5.24. The SMILES string of the molecule is CCCn1c(Cc2ccoc2CNC)nc2ccccc21. The van der Waals surface area contributed by atoms with Crippen LogP contribution < -0.4 is 5.32 Å². The molecule has 0 saturated heterocycles. The smallest absolute Gasteiger partial charge is 0.121 e. The van der Waals surface area contributed by atoms with E-state index in [4.69, 9.17) is 9.40 Å². The fraction of sp³-hybridized carbons (Fsp3) is 0.353. The summed E-state index contributed by atoms with van der Waals surface area (Å²) in [6, 6.07) is 10.4. The topological polar surface area (TPSA) is 43.0 Å². The Morgan fingerprint density at radius 1 is 1.24 bits per heavy atom. The molecule has 0 bridgehead atoms. The van der Waals surface area contributed by atoms with Crippen LogP contribution in [0, 0.1) is 0 Å². The minimum absolute atomic E-state index is 0.746. The van der Waals surface area contributed by atoms with Crippen LogP contribution in [0.15, 0.2) is 41.0 Å². The van der Waals surface area contributed by atoms with Crippen molar-refractivity contribution >= 4 is 11.0 Å². The Labute approximate surface area is 124 Å². The van der Waals surface area contributed by atoms with Gasteiger partial charge in [-0.3, -0.25) is 0 Å². The molecule has 0 atom stereocenters. The van der Waals surface area contributed by atoms with E-state index in [1.54, 1.807) is 6.26 Å². The first kappa shape index (κ1) is 13.9. The van der Waals surface area contributed by atoms with Crippen molar-refractivity contribution in [2.24, 2.45) is 0 Å². The Hall–Kier alpha value is -2.07. The summed E-state index contributed by atoms with van der Waals surface area (Å²) in [5, 5.41) is 3.14. The summed E-state index contributed by atoms with van der Waals surface area (Å²) in [7, 11) is 1.93. The first-order valence-corrected chi connectivity index (χ1v) is 7.47. The van der Waals surface area contributed by atoms with Gasteiger partial charge in [0.2, 0.25) is 0 Å². The van der Waals surface area contributed by atoms with Crippen LogP contribution in [0.5, 0.6) is 0 Å². The average Bonchev–Trinajstić information content (AvgIpc) is 3.06.